The van der Waals surface area contributed by atoms with Gasteiger partial charge in [-0.25, -0.2) is 0 Å². The predicted octanol–water partition coefficient (Wildman–Crippen LogP) is 18.5. The van der Waals surface area contributed by atoms with E-state index in [0.717, 1.165) is 32.1 Å². The summed E-state index contributed by atoms with van der Waals surface area (Å²) < 4.78 is 0. The molecule has 0 aromatic carbocycles. The van der Waals surface area contributed by atoms with Crippen molar-refractivity contribution in [3.05, 3.63) is 36.5 Å². The first-order chi connectivity index (χ1) is 30.7. The van der Waals surface area contributed by atoms with E-state index in [0.29, 0.717) is 6.42 Å². The highest BCUT2D eigenvalue weighted by molar-refractivity contribution is 5.76. The first kappa shape index (κ1) is 60.6. The maximum absolute atomic E-state index is 12.4. The third-order valence-corrected chi connectivity index (χ3v) is 13.1. The van der Waals surface area contributed by atoms with E-state index in [-0.39, 0.29) is 12.5 Å². The van der Waals surface area contributed by atoms with Gasteiger partial charge < -0.3 is 15.5 Å². The van der Waals surface area contributed by atoms with Gasteiger partial charge in [-0.05, 0) is 51.4 Å². The molecule has 0 bridgehead atoms. The van der Waals surface area contributed by atoms with Crippen molar-refractivity contribution in [2.45, 2.75) is 321 Å². The number of allylic oxidation sites excluding steroid dienone is 5. The number of carbonyl (C=O) groups is 1. The number of aliphatic hydroxyl groups is 2. The van der Waals surface area contributed by atoms with Gasteiger partial charge in [-0.15, -0.1) is 0 Å². The molecule has 2 unspecified atom stereocenters. The molecule has 4 nitrogen and oxygen atoms in total. The molecule has 4 heteroatoms. The van der Waals surface area contributed by atoms with Gasteiger partial charge in [0.05, 0.1) is 18.8 Å². The van der Waals surface area contributed by atoms with Gasteiger partial charge in [-0.3, -0.25) is 4.79 Å². The van der Waals surface area contributed by atoms with Crippen LogP contribution in [0.5, 0.6) is 0 Å². The van der Waals surface area contributed by atoms with Crippen molar-refractivity contribution in [2.24, 2.45) is 0 Å². The minimum absolute atomic E-state index is 0.0611. The Kier molecular flexibility index (Phi) is 52.7. The van der Waals surface area contributed by atoms with Crippen LogP contribution in [0.3, 0.4) is 0 Å². The second kappa shape index (κ2) is 53.9. The van der Waals surface area contributed by atoms with Crippen molar-refractivity contribution < 1.29 is 15.0 Å². The summed E-state index contributed by atoms with van der Waals surface area (Å²) in [5.41, 5.74) is 0. The molecular formula is C58H111NO3. The Hall–Kier alpha value is -1.39. The van der Waals surface area contributed by atoms with Gasteiger partial charge in [-0.2, -0.15) is 0 Å². The van der Waals surface area contributed by atoms with Crippen LogP contribution in [0, 0.1) is 0 Å². The lowest BCUT2D eigenvalue weighted by atomic mass is 10.0. The number of nitrogens with one attached hydrogen (secondary N) is 1. The summed E-state index contributed by atoms with van der Waals surface area (Å²) in [4.78, 5) is 12.4. The zero-order chi connectivity index (χ0) is 44.9. The lowest BCUT2D eigenvalue weighted by molar-refractivity contribution is -0.123. The quantitative estimate of drug-likeness (QED) is 0.0421. The van der Waals surface area contributed by atoms with Crippen LogP contribution in [0.2, 0.25) is 0 Å². The second-order valence-electron chi connectivity index (χ2n) is 19.4. The first-order valence-electron chi connectivity index (χ1n) is 28.2. The van der Waals surface area contributed by atoms with E-state index in [9.17, 15) is 15.0 Å². The molecule has 3 N–H and O–H groups in total. The van der Waals surface area contributed by atoms with Crippen LogP contribution < -0.4 is 5.32 Å². The molecule has 0 radical (unpaired) electrons. The lowest BCUT2D eigenvalue weighted by Gasteiger charge is -2.20. The molecule has 0 heterocycles. The molecular weight excluding hydrogens is 759 g/mol. The predicted molar refractivity (Wildman–Crippen MR) is 276 cm³/mol. The van der Waals surface area contributed by atoms with E-state index < -0.39 is 12.1 Å². The summed E-state index contributed by atoms with van der Waals surface area (Å²) >= 11 is 0. The fourth-order valence-corrected chi connectivity index (χ4v) is 8.80. The first-order valence-corrected chi connectivity index (χ1v) is 28.2. The van der Waals surface area contributed by atoms with Crippen LogP contribution >= 0.6 is 0 Å². The van der Waals surface area contributed by atoms with Crippen LogP contribution in [0.15, 0.2) is 36.5 Å². The highest BCUT2D eigenvalue weighted by atomic mass is 16.3. The van der Waals surface area contributed by atoms with Gasteiger partial charge in [0.2, 0.25) is 5.91 Å². The number of carbonyl (C=O) groups excluding carboxylic acids is 1. The third kappa shape index (κ3) is 49.6. The minimum Gasteiger partial charge on any atom is -0.394 e. The molecule has 0 aliphatic heterocycles. The molecule has 0 aromatic heterocycles. The monoisotopic (exact) mass is 870 g/mol. The lowest BCUT2D eigenvalue weighted by Crippen LogP contribution is -2.45. The zero-order valence-corrected chi connectivity index (χ0v) is 42.2. The fourth-order valence-electron chi connectivity index (χ4n) is 8.80. The fraction of sp³-hybridized carbons (Fsp3) is 0.879. The summed E-state index contributed by atoms with van der Waals surface area (Å²) in [5, 5.41) is 23.1. The Bertz CT molecular complexity index is 943. The molecule has 2 atom stereocenters. The second-order valence-corrected chi connectivity index (χ2v) is 19.4. The van der Waals surface area contributed by atoms with Crippen LogP contribution in [-0.4, -0.2) is 34.9 Å². The van der Waals surface area contributed by atoms with E-state index in [4.69, 9.17) is 0 Å². The van der Waals surface area contributed by atoms with E-state index in [1.54, 1.807) is 6.08 Å². The summed E-state index contributed by atoms with van der Waals surface area (Å²) in [6, 6.07) is -0.620. The van der Waals surface area contributed by atoms with Crippen LogP contribution in [-0.2, 0) is 4.79 Å². The largest absolute Gasteiger partial charge is 0.394 e. The van der Waals surface area contributed by atoms with Crippen molar-refractivity contribution in [3.63, 3.8) is 0 Å². The molecule has 62 heavy (non-hydrogen) atoms. The van der Waals surface area contributed by atoms with Crippen molar-refractivity contribution in [2.75, 3.05) is 6.61 Å². The maximum atomic E-state index is 12.4. The Labute approximate surface area is 389 Å². The molecule has 0 aromatic rings. The van der Waals surface area contributed by atoms with Crippen molar-refractivity contribution in [3.8, 4) is 0 Å². The molecule has 0 aliphatic rings. The third-order valence-electron chi connectivity index (χ3n) is 13.1. The normalized spacial score (nSPS) is 13.0. The SMILES string of the molecule is CCCCCCCCCCCCC/C=C/C(O)C(CO)NC(=O)CCCCCCCCCCCCCCCCCCC/C=C\C/C=C\CCCCCCCCCCCCCCC. The Morgan fingerprint density at radius 2 is 0.661 bits per heavy atom. The topological polar surface area (TPSA) is 69.6 Å². The molecule has 366 valence electrons. The Morgan fingerprint density at radius 1 is 0.387 bits per heavy atom. The van der Waals surface area contributed by atoms with E-state index >= 15 is 0 Å². The minimum atomic E-state index is -0.837. The van der Waals surface area contributed by atoms with E-state index in [1.807, 2.05) is 6.08 Å². The average Bonchev–Trinajstić information content (AvgIpc) is 3.28. The Morgan fingerprint density at radius 3 is 0.968 bits per heavy atom. The molecule has 1 amide bonds. The number of rotatable bonds is 52. The summed E-state index contributed by atoms with van der Waals surface area (Å²) in [5.74, 6) is -0.0611. The maximum Gasteiger partial charge on any atom is 0.220 e. The van der Waals surface area contributed by atoms with Gasteiger partial charge in [0.15, 0.2) is 0 Å². The number of hydrogen-bond donors (Lipinski definition) is 3. The van der Waals surface area contributed by atoms with Gasteiger partial charge in [-0.1, -0.05) is 288 Å². The van der Waals surface area contributed by atoms with Gasteiger partial charge >= 0.3 is 0 Å². The van der Waals surface area contributed by atoms with Crippen molar-refractivity contribution in [1.29, 1.82) is 0 Å². The number of amides is 1. The van der Waals surface area contributed by atoms with Gasteiger partial charge in [0.25, 0.3) is 0 Å². The molecule has 0 spiro atoms. The molecule has 0 saturated heterocycles. The van der Waals surface area contributed by atoms with E-state index in [2.05, 4.69) is 43.5 Å². The van der Waals surface area contributed by atoms with E-state index in [1.165, 1.54) is 257 Å². The Balaban J connectivity index is 3.41. The number of hydrogen-bond acceptors (Lipinski definition) is 3. The van der Waals surface area contributed by atoms with Crippen molar-refractivity contribution >= 4 is 5.91 Å². The van der Waals surface area contributed by atoms with Crippen molar-refractivity contribution in [1.82, 2.24) is 5.32 Å². The number of aliphatic hydroxyl groups excluding tert-OH is 2. The zero-order valence-electron chi connectivity index (χ0n) is 42.2. The molecule has 0 fully saturated rings. The summed E-state index contributed by atoms with van der Waals surface area (Å²) in [6.45, 7) is 4.33. The molecule has 0 rings (SSSR count). The van der Waals surface area contributed by atoms with Crippen LogP contribution in [0.4, 0.5) is 0 Å². The van der Waals surface area contributed by atoms with Crippen LogP contribution in [0.25, 0.3) is 0 Å². The highest BCUT2D eigenvalue weighted by Crippen LogP contribution is 2.17. The standard InChI is InChI=1S/C58H111NO3/c1-3-5-7-9-11-13-15-17-18-19-20-21-22-23-24-25-26-27-28-29-30-31-32-33-34-35-36-37-38-39-40-42-44-46-48-50-52-54-58(62)59-56(55-60)57(61)53-51-49-47-45-43-41-16-14-12-10-8-6-4-2/h24-25,27-28,51,53,56-57,60-61H,3-23,26,29-50,52,54-55H2,1-2H3,(H,59,62)/b25-24-,28-27-,53-51+. The van der Waals surface area contributed by atoms with Gasteiger partial charge in [0, 0.05) is 6.42 Å². The molecule has 0 saturated carbocycles. The highest BCUT2D eigenvalue weighted by Gasteiger charge is 2.18. The smallest absolute Gasteiger partial charge is 0.220 e. The van der Waals surface area contributed by atoms with Crippen LogP contribution in [0.1, 0.15) is 309 Å². The number of unbranched alkanes of at least 4 members (excludes halogenated alkanes) is 41. The van der Waals surface area contributed by atoms with Gasteiger partial charge in [0.1, 0.15) is 0 Å². The summed E-state index contributed by atoms with van der Waals surface area (Å²) in [6.07, 6.45) is 73.2. The average molecular weight is 871 g/mol. The molecule has 0 aliphatic carbocycles. The summed E-state index contributed by atoms with van der Waals surface area (Å²) in [7, 11) is 0.